The number of aryl methyl sites for hydroxylation is 2. The molecule has 0 aliphatic rings. The van der Waals surface area contributed by atoms with Crippen LogP contribution < -0.4 is 14.8 Å². The maximum Gasteiger partial charge on any atom is 0.160 e. The number of methoxy groups -OCH3 is 2. The van der Waals surface area contributed by atoms with Crippen LogP contribution in [-0.2, 0) is 19.5 Å². The Balaban J connectivity index is 0.00000264. The van der Waals surface area contributed by atoms with Gasteiger partial charge in [0, 0.05) is 13.1 Å². The van der Waals surface area contributed by atoms with Crippen LogP contribution >= 0.6 is 12.4 Å². The zero-order chi connectivity index (χ0) is 15.9. The van der Waals surface area contributed by atoms with Crippen LogP contribution in [0.2, 0.25) is 0 Å². The fourth-order valence-electron chi connectivity index (χ4n) is 2.48. The molecule has 2 rings (SSSR count). The van der Waals surface area contributed by atoms with Gasteiger partial charge in [-0.1, -0.05) is 6.07 Å². The van der Waals surface area contributed by atoms with Gasteiger partial charge in [-0.3, -0.25) is 4.68 Å². The zero-order valence-electron chi connectivity index (χ0n) is 14.3. The molecule has 6 heteroatoms. The van der Waals surface area contributed by atoms with Crippen molar-refractivity contribution < 1.29 is 9.47 Å². The molecule has 2 aromatic rings. The topological polar surface area (TPSA) is 48.3 Å². The Hall–Kier alpha value is -1.72. The molecule has 0 amide bonds. The van der Waals surface area contributed by atoms with Crippen molar-refractivity contribution in [3.05, 3.63) is 41.2 Å². The van der Waals surface area contributed by atoms with Crippen LogP contribution in [0.1, 0.15) is 23.7 Å². The summed E-state index contributed by atoms with van der Waals surface area (Å²) in [6.07, 6.45) is 2.87. The van der Waals surface area contributed by atoms with E-state index in [1.54, 1.807) is 14.2 Å². The molecule has 23 heavy (non-hydrogen) atoms. The molecule has 5 nitrogen and oxygen atoms in total. The van der Waals surface area contributed by atoms with Crippen molar-refractivity contribution in [1.82, 2.24) is 15.1 Å². The van der Waals surface area contributed by atoms with Gasteiger partial charge in [0.25, 0.3) is 0 Å². The summed E-state index contributed by atoms with van der Waals surface area (Å²) in [5.41, 5.74) is 3.72. The first kappa shape index (κ1) is 19.3. The molecule has 0 bridgehead atoms. The Kier molecular flexibility index (Phi) is 7.92. The molecule has 0 atom stereocenters. The third-order valence-corrected chi connectivity index (χ3v) is 3.79. The fraction of sp³-hybridized carbons (Fsp3) is 0.471. The molecule has 0 radical (unpaired) electrons. The third kappa shape index (κ3) is 4.88. The number of rotatable bonds is 8. The number of ether oxygens (including phenoxy) is 2. The van der Waals surface area contributed by atoms with Crippen molar-refractivity contribution in [2.24, 2.45) is 0 Å². The first-order valence-corrected chi connectivity index (χ1v) is 7.62. The van der Waals surface area contributed by atoms with Crippen LogP contribution in [0.15, 0.2) is 24.4 Å². The van der Waals surface area contributed by atoms with E-state index in [2.05, 4.69) is 30.3 Å². The molecule has 0 saturated carbocycles. The largest absolute Gasteiger partial charge is 0.493 e. The van der Waals surface area contributed by atoms with Gasteiger partial charge >= 0.3 is 0 Å². The van der Waals surface area contributed by atoms with Gasteiger partial charge in [-0.05, 0) is 50.1 Å². The quantitative estimate of drug-likeness (QED) is 0.751. The van der Waals surface area contributed by atoms with Crippen LogP contribution in [0, 0.1) is 6.92 Å². The van der Waals surface area contributed by atoms with Crippen LogP contribution in [0.5, 0.6) is 11.5 Å². The van der Waals surface area contributed by atoms with Gasteiger partial charge in [0.15, 0.2) is 11.5 Å². The minimum absolute atomic E-state index is 0. The van der Waals surface area contributed by atoms with Crippen molar-refractivity contribution in [1.29, 1.82) is 0 Å². The van der Waals surface area contributed by atoms with Gasteiger partial charge in [0.05, 0.1) is 26.1 Å². The second-order valence-corrected chi connectivity index (χ2v) is 5.21. The van der Waals surface area contributed by atoms with Crippen LogP contribution in [0.3, 0.4) is 0 Å². The van der Waals surface area contributed by atoms with Crippen molar-refractivity contribution in [3.8, 4) is 11.5 Å². The Morgan fingerprint density at radius 1 is 1.17 bits per heavy atom. The molecule has 0 saturated heterocycles. The number of hydrogen-bond donors (Lipinski definition) is 1. The van der Waals surface area contributed by atoms with Gasteiger partial charge in [-0.25, -0.2) is 0 Å². The molecule has 0 aliphatic carbocycles. The van der Waals surface area contributed by atoms with Crippen molar-refractivity contribution in [2.75, 3.05) is 20.8 Å². The van der Waals surface area contributed by atoms with E-state index >= 15 is 0 Å². The minimum Gasteiger partial charge on any atom is -0.493 e. The van der Waals surface area contributed by atoms with Gasteiger partial charge in [0.1, 0.15) is 0 Å². The van der Waals surface area contributed by atoms with Gasteiger partial charge in [0.2, 0.25) is 0 Å². The van der Waals surface area contributed by atoms with E-state index in [4.69, 9.17) is 9.47 Å². The average molecular weight is 340 g/mol. The van der Waals surface area contributed by atoms with Gasteiger partial charge in [-0.15, -0.1) is 12.4 Å². The number of halogens is 1. The lowest BCUT2D eigenvalue weighted by molar-refractivity contribution is 0.354. The number of nitrogens with one attached hydrogen (secondary N) is 1. The van der Waals surface area contributed by atoms with Crippen molar-refractivity contribution in [2.45, 2.75) is 33.4 Å². The lowest BCUT2D eigenvalue weighted by atomic mass is 10.1. The maximum absolute atomic E-state index is 5.33. The molecular weight excluding hydrogens is 314 g/mol. The second-order valence-electron chi connectivity index (χ2n) is 5.21. The zero-order valence-corrected chi connectivity index (χ0v) is 15.1. The van der Waals surface area contributed by atoms with Crippen LogP contribution in [0.25, 0.3) is 0 Å². The smallest absolute Gasteiger partial charge is 0.160 e. The number of hydrogen-bond acceptors (Lipinski definition) is 4. The molecule has 1 heterocycles. The normalized spacial score (nSPS) is 10.3. The number of nitrogens with zero attached hydrogens (tertiary/aromatic N) is 2. The predicted molar refractivity (Wildman–Crippen MR) is 94.8 cm³/mol. The fourth-order valence-corrected chi connectivity index (χ4v) is 2.48. The highest BCUT2D eigenvalue weighted by Gasteiger charge is 2.06. The first-order valence-electron chi connectivity index (χ1n) is 7.62. The van der Waals surface area contributed by atoms with Crippen LogP contribution in [0.4, 0.5) is 0 Å². The highest BCUT2D eigenvalue weighted by Crippen LogP contribution is 2.27. The standard InChI is InChI=1S/C17H25N3O2.ClH/c1-5-20-15(13(2)11-19-20)12-18-9-8-14-6-7-16(21-3)17(10-14)22-4;/h6-7,10-11,18H,5,8-9,12H2,1-4H3;1H. The lowest BCUT2D eigenvalue weighted by Gasteiger charge is -2.11. The molecule has 1 aromatic carbocycles. The first-order chi connectivity index (χ1) is 10.7. The predicted octanol–water partition coefficient (Wildman–Crippen LogP) is 2.98. The molecule has 0 spiro atoms. The third-order valence-electron chi connectivity index (χ3n) is 3.79. The molecule has 0 unspecified atom stereocenters. The highest BCUT2D eigenvalue weighted by molar-refractivity contribution is 5.85. The number of aromatic nitrogens is 2. The molecule has 0 aliphatic heterocycles. The summed E-state index contributed by atoms with van der Waals surface area (Å²) in [6, 6.07) is 6.05. The Bertz CT molecular complexity index is 614. The second kappa shape index (κ2) is 9.43. The van der Waals surface area contributed by atoms with Crippen LogP contribution in [-0.4, -0.2) is 30.5 Å². The van der Waals surface area contributed by atoms with Gasteiger partial charge < -0.3 is 14.8 Å². The summed E-state index contributed by atoms with van der Waals surface area (Å²) in [6.45, 7) is 6.86. The Morgan fingerprint density at radius 3 is 2.57 bits per heavy atom. The van der Waals surface area contributed by atoms with E-state index in [0.717, 1.165) is 37.6 Å². The summed E-state index contributed by atoms with van der Waals surface area (Å²) in [5, 5.41) is 7.84. The molecule has 128 valence electrons. The monoisotopic (exact) mass is 339 g/mol. The van der Waals surface area contributed by atoms with Gasteiger partial charge in [-0.2, -0.15) is 5.10 Å². The maximum atomic E-state index is 5.33. The molecular formula is C17H26ClN3O2. The van der Waals surface area contributed by atoms with E-state index in [9.17, 15) is 0 Å². The minimum atomic E-state index is 0. The summed E-state index contributed by atoms with van der Waals surface area (Å²) in [5.74, 6) is 1.54. The lowest BCUT2D eigenvalue weighted by Crippen LogP contribution is -2.19. The van der Waals surface area contributed by atoms with Crippen molar-refractivity contribution in [3.63, 3.8) is 0 Å². The SMILES string of the molecule is CCn1ncc(C)c1CNCCc1ccc(OC)c(OC)c1.Cl. The van der Waals surface area contributed by atoms with Crippen molar-refractivity contribution >= 4 is 12.4 Å². The van der Waals surface area contributed by atoms with E-state index in [1.165, 1.54) is 16.8 Å². The Labute approximate surface area is 144 Å². The van der Waals surface area contributed by atoms with E-state index in [1.807, 2.05) is 23.0 Å². The summed E-state index contributed by atoms with van der Waals surface area (Å²) in [7, 11) is 3.31. The molecule has 1 N–H and O–H groups in total. The van der Waals surface area contributed by atoms with E-state index in [-0.39, 0.29) is 12.4 Å². The highest BCUT2D eigenvalue weighted by atomic mass is 35.5. The number of benzene rings is 1. The molecule has 1 aromatic heterocycles. The van der Waals surface area contributed by atoms with E-state index in [0.29, 0.717) is 0 Å². The summed E-state index contributed by atoms with van der Waals surface area (Å²) >= 11 is 0. The van der Waals surface area contributed by atoms with E-state index < -0.39 is 0 Å². The summed E-state index contributed by atoms with van der Waals surface area (Å²) in [4.78, 5) is 0. The molecule has 0 fully saturated rings. The summed E-state index contributed by atoms with van der Waals surface area (Å²) < 4.78 is 12.6. The average Bonchev–Trinajstić information content (AvgIpc) is 2.91. The Morgan fingerprint density at radius 2 is 1.91 bits per heavy atom.